The first-order chi connectivity index (χ1) is 16.4. The molecule has 2 heterocycles. The van der Waals surface area contributed by atoms with E-state index in [1.165, 1.54) is 47.9 Å². The first-order valence-electron chi connectivity index (χ1n) is 10.5. The lowest BCUT2D eigenvalue weighted by molar-refractivity contribution is 0.569. The predicted octanol–water partition coefficient (Wildman–Crippen LogP) is 5.53. The van der Waals surface area contributed by atoms with Crippen molar-refractivity contribution in [1.82, 2.24) is 15.0 Å². The van der Waals surface area contributed by atoms with Crippen molar-refractivity contribution in [2.75, 3.05) is 10.5 Å². The van der Waals surface area contributed by atoms with Crippen molar-refractivity contribution >= 4 is 33.0 Å². The molecule has 182 valence electrons. The standard InChI is InChI=1S/C24H23F2N5O2S2/c1-13-8-9-15(25)18(12-13)35(32,33)31-16-7-5-6-14(19(16)26)20-21(17-10-11-28-23(27)29-17)34-22(30-20)24(2,3)4/h5-12,31H,1-4H3,(H2,27,28,29). The summed E-state index contributed by atoms with van der Waals surface area (Å²) in [5, 5.41) is 0.729. The molecule has 11 heteroatoms. The molecule has 0 aliphatic heterocycles. The summed E-state index contributed by atoms with van der Waals surface area (Å²) < 4.78 is 57.9. The van der Waals surface area contributed by atoms with Gasteiger partial charge in [0.1, 0.15) is 10.7 Å². The number of hydrogen-bond donors (Lipinski definition) is 2. The Morgan fingerprint density at radius 3 is 2.49 bits per heavy atom. The number of aromatic nitrogens is 3. The van der Waals surface area contributed by atoms with Crippen molar-refractivity contribution in [3.8, 4) is 21.8 Å². The van der Waals surface area contributed by atoms with E-state index in [9.17, 15) is 12.8 Å². The highest BCUT2D eigenvalue weighted by atomic mass is 32.2. The number of thiazole rings is 1. The molecule has 0 fully saturated rings. The molecule has 2 aromatic carbocycles. The van der Waals surface area contributed by atoms with E-state index < -0.39 is 26.6 Å². The molecule has 35 heavy (non-hydrogen) atoms. The summed E-state index contributed by atoms with van der Waals surface area (Å²) in [6, 6.07) is 9.60. The number of aryl methyl sites for hydroxylation is 1. The lowest BCUT2D eigenvalue weighted by atomic mass is 9.98. The van der Waals surface area contributed by atoms with Crippen LogP contribution in [-0.4, -0.2) is 23.4 Å². The Balaban J connectivity index is 1.84. The second-order valence-corrected chi connectivity index (χ2v) is 11.6. The van der Waals surface area contributed by atoms with Crippen molar-refractivity contribution in [2.45, 2.75) is 38.0 Å². The van der Waals surface area contributed by atoms with Crippen LogP contribution in [0.5, 0.6) is 0 Å². The fourth-order valence-corrected chi connectivity index (χ4v) is 5.64. The lowest BCUT2D eigenvalue weighted by Gasteiger charge is -2.14. The number of hydrogen-bond acceptors (Lipinski definition) is 7. The predicted molar refractivity (Wildman–Crippen MR) is 134 cm³/mol. The Morgan fingerprint density at radius 2 is 1.80 bits per heavy atom. The maximum atomic E-state index is 15.8. The van der Waals surface area contributed by atoms with E-state index in [0.717, 1.165) is 11.1 Å². The van der Waals surface area contributed by atoms with Gasteiger partial charge in [0.15, 0.2) is 5.82 Å². The second-order valence-electron chi connectivity index (χ2n) is 8.95. The van der Waals surface area contributed by atoms with Gasteiger partial charge in [-0.1, -0.05) is 32.9 Å². The fraction of sp³-hybridized carbons (Fsp3) is 0.208. The number of nitrogens with zero attached hydrogens (tertiary/aromatic N) is 3. The molecule has 7 nitrogen and oxygen atoms in total. The number of nitrogen functional groups attached to an aromatic ring is 1. The normalized spacial score (nSPS) is 12.1. The maximum Gasteiger partial charge on any atom is 0.264 e. The molecule has 0 bridgehead atoms. The van der Waals surface area contributed by atoms with E-state index in [1.54, 1.807) is 13.0 Å². The van der Waals surface area contributed by atoms with Crippen LogP contribution in [0.1, 0.15) is 31.3 Å². The molecule has 0 atom stereocenters. The topological polar surface area (TPSA) is 111 Å². The summed E-state index contributed by atoms with van der Waals surface area (Å²) in [6.07, 6.45) is 1.50. The van der Waals surface area contributed by atoms with Crippen LogP contribution in [0.3, 0.4) is 0 Å². The highest BCUT2D eigenvalue weighted by Crippen LogP contribution is 2.42. The number of sulfonamides is 1. The van der Waals surface area contributed by atoms with E-state index in [2.05, 4.69) is 19.7 Å². The van der Waals surface area contributed by atoms with Gasteiger partial charge in [0, 0.05) is 17.2 Å². The molecule has 3 N–H and O–H groups in total. The van der Waals surface area contributed by atoms with Crippen molar-refractivity contribution in [1.29, 1.82) is 0 Å². The van der Waals surface area contributed by atoms with Crippen molar-refractivity contribution in [2.24, 2.45) is 0 Å². The van der Waals surface area contributed by atoms with E-state index >= 15 is 4.39 Å². The average molecular weight is 516 g/mol. The molecule has 0 saturated carbocycles. The highest BCUT2D eigenvalue weighted by molar-refractivity contribution is 7.92. The van der Waals surface area contributed by atoms with E-state index in [1.807, 2.05) is 20.8 Å². The average Bonchev–Trinajstić information content (AvgIpc) is 3.22. The van der Waals surface area contributed by atoms with Crippen LogP contribution >= 0.6 is 11.3 Å². The van der Waals surface area contributed by atoms with Gasteiger partial charge >= 0.3 is 0 Å². The minimum absolute atomic E-state index is 0.0568. The molecular formula is C24H23F2N5O2S2. The minimum atomic E-state index is -4.39. The van der Waals surface area contributed by atoms with Crippen LogP contribution in [0, 0.1) is 18.6 Å². The van der Waals surface area contributed by atoms with Gasteiger partial charge in [-0.2, -0.15) is 0 Å². The highest BCUT2D eigenvalue weighted by Gasteiger charge is 2.27. The number of halogens is 2. The maximum absolute atomic E-state index is 15.8. The number of nitrogens with one attached hydrogen (secondary N) is 1. The Kier molecular flexibility index (Phi) is 6.32. The van der Waals surface area contributed by atoms with Gasteiger partial charge in [0.25, 0.3) is 10.0 Å². The summed E-state index contributed by atoms with van der Waals surface area (Å²) in [4.78, 5) is 12.8. The zero-order chi connectivity index (χ0) is 25.5. The summed E-state index contributed by atoms with van der Waals surface area (Å²) in [5.41, 5.74) is 6.46. The monoisotopic (exact) mass is 515 g/mol. The third-order valence-corrected chi connectivity index (χ3v) is 7.93. The largest absolute Gasteiger partial charge is 0.368 e. The molecule has 4 aromatic rings. The molecule has 0 unspecified atom stereocenters. The van der Waals surface area contributed by atoms with Gasteiger partial charge in [-0.05, 0) is 42.8 Å². The molecule has 0 saturated heterocycles. The molecule has 0 aliphatic rings. The third kappa shape index (κ3) is 5.01. The Morgan fingerprint density at radius 1 is 1.06 bits per heavy atom. The SMILES string of the molecule is Cc1ccc(F)c(S(=O)(=O)Nc2cccc(-c3nc(C(C)(C)C)sc3-c3ccnc(N)n3)c2F)c1. The quantitative estimate of drug-likeness (QED) is 0.361. The van der Waals surface area contributed by atoms with Crippen LogP contribution in [-0.2, 0) is 15.4 Å². The van der Waals surface area contributed by atoms with Crippen LogP contribution in [0.25, 0.3) is 21.8 Å². The fourth-order valence-electron chi connectivity index (χ4n) is 3.31. The zero-order valence-corrected chi connectivity index (χ0v) is 21.1. The van der Waals surface area contributed by atoms with Crippen LogP contribution in [0.4, 0.5) is 20.4 Å². The number of nitrogens with two attached hydrogens (primary N) is 1. The number of anilines is 2. The number of rotatable bonds is 5. The van der Waals surface area contributed by atoms with Gasteiger partial charge in [-0.25, -0.2) is 32.2 Å². The Hall–Kier alpha value is -3.44. The minimum Gasteiger partial charge on any atom is -0.368 e. The Bertz CT molecular complexity index is 1530. The van der Waals surface area contributed by atoms with Crippen LogP contribution < -0.4 is 10.5 Å². The molecular weight excluding hydrogens is 492 g/mol. The lowest BCUT2D eigenvalue weighted by Crippen LogP contribution is -2.16. The smallest absolute Gasteiger partial charge is 0.264 e. The van der Waals surface area contributed by atoms with Crippen LogP contribution in [0.2, 0.25) is 0 Å². The Labute approximate surface area is 206 Å². The van der Waals surface area contributed by atoms with Gasteiger partial charge < -0.3 is 5.73 Å². The van der Waals surface area contributed by atoms with E-state index in [-0.39, 0.29) is 22.6 Å². The summed E-state index contributed by atoms with van der Waals surface area (Å²) in [5.74, 6) is -1.72. The van der Waals surface area contributed by atoms with E-state index in [4.69, 9.17) is 5.73 Å². The second kappa shape index (κ2) is 8.97. The summed E-state index contributed by atoms with van der Waals surface area (Å²) >= 11 is 1.34. The van der Waals surface area contributed by atoms with Gasteiger partial charge in [0.05, 0.1) is 27.0 Å². The zero-order valence-electron chi connectivity index (χ0n) is 19.4. The first kappa shape index (κ1) is 24.7. The third-order valence-electron chi connectivity index (χ3n) is 5.05. The first-order valence-corrected chi connectivity index (χ1v) is 12.8. The molecule has 0 amide bonds. The van der Waals surface area contributed by atoms with Gasteiger partial charge in [0.2, 0.25) is 5.95 Å². The molecule has 2 aromatic heterocycles. The molecule has 0 radical (unpaired) electrons. The molecule has 0 aliphatic carbocycles. The molecule has 0 spiro atoms. The van der Waals surface area contributed by atoms with Crippen LogP contribution in [0.15, 0.2) is 53.6 Å². The van der Waals surface area contributed by atoms with Crippen molar-refractivity contribution in [3.05, 3.63) is 70.9 Å². The number of benzene rings is 2. The molecule has 4 rings (SSSR count). The van der Waals surface area contributed by atoms with Crippen molar-refractivity contribution < 1.29 is 17.2 Å². The van der Waals surface area contributed by atoms with Gasteiger partial charge in [-0.3, -0.25) is 4.72 Å². The summed E-state index contributed by atoms with van der Waals surface area (Å²) in [7, 11) is -4.39. The van der Waals surface area contributed by atoms with E-state index in [0.29, 0.717) is 21.8 Å². The van der Waals surface area contributed by atoms with Crippen molar-refractivity contribution in [3.63, 3.8) is 0 Å². The summed E-state index contributed by atoms with van der Waals surface area (Å²) in [6.45, 7) is 7.57. The van der Waals surface area contributed by atoms with Gasteiger partial charge in [-0.15, -0.1) is 11.3 Å².